The minimum absolute atomic E-state index is 0.640. The van der Waals surface area contributed by atoms with Crippen molar-refractivity contribution in [1.29, 1.82) is 0 Å². The predicted octanol–water partition coefficient (Wildman–Crippen LogP) is 12.4. The zero-order valence-electron chi connectivity index (χ0n) is 27.3. The van der Waals surface area contributed by atoms with Crippen molar-refractivity contribution in [3.8, 4) is 67.5 Å². The molecular weight excluding hydrogens is 623 g/mol. The lowest BCUT2D eigenvalue weighted by Gasteiger charge is -2.13. The molecule has 0 amide bonds. The van der Waals surface area contributed by atoms with Crippen LogP contribution < -0.4 is 0 Å². The zero-order chi connectivity index (χ0) is 33.5. The molecule has 1 aliphatic rings. The molecule has 51 heavy (non-hydrogen) atoms. The minimum Gasteiger partial charge on any atom is -0.456 e. The highest BCUT2D eigenvalue weighted by atomic mass is 16.3. The van der Waals surface area contributed by atoms with Gasteiger partial charge in [-0.05, 0) is 73.1 Å². The van der Waals surface area contributed by atoms with Crippen LogP contribution in [0.15, 0.2) is 168 Å². The van der Waals surface area contributed by atoms with Crippen molar-refractivity contribution < 1.29 is 4.42 Å². The summed E-state index contributed by atoms with van der Waals surface area (Å²) in [6, 6.07) is 57.3. The standard InChI is InChI=1S/C47H27N3O/c1-3-12-29(13-4-1)45-48-46(30-14-5-2-6-15-30)50-47(49-45)37-24-10-18-31-32(19-9-20-33(31)37)34-23-11-25-41-44(34)40-26-38-35-21-7-16-28-17-8-22-36(43(28)35)39(38)27-42(40)51-41/h1-27H. The first-order chi connectivity index (χ1) is 25.3. The summed E-state index contributed by atoms with van der Waals surface area (Å²) in [6.07, 6.45) is 0. The SMILES string of the molecule is c1ccc(-c2nc(-c3ccccc3)nc(-c3cccc4c(-c5cccc6oc7cc8c(cc7c56)-c5cccc6cccc-8c56)cccc34)n2)cc1. The van der Waals surface area contributed by atoms with Crippen LogP contribution in [-0.4, -0.2) is 15.0 Å². The monoisotopic (exact) mass is 649 g/mol. The molecule has 236 valence electrons. The molecule has 2 heterocycles. The highest BCUT2D eigenvalue weighted by Crippen LogP contribution is 2.50. The Morgan fingerprint density at radius 3 is 1.49 bits per heavy atom. The fraction of sp³-hybridized carbons (Fsp3) is 0. The number of hydrogen-bond donors (Lipinski definition) is 0. The van der Waals surface area contributed by atoms with Crippen molar-refractivity contribution in [3.63, 3.8) is 0 Å². The number of benzene rings is 8. The van der Waals surface area contributed by atoms with E-state index in [1.165, 1.54) is 33.0 Å². The van der Waals surface area contributed by atoms with Crippen LogP contribution in [0.3, 0.4) is 0 Å². The van der Waals surface area contributed by atoms with Gasteiger partial charge in [0.05, 0.1) is 0 Å². The lowest BCUT2D eigenvalue weighted by atomic mass is 9.92. The maximum absolute atomic E-state index is 6.62. The molecule has 1 aliphatic carbocycles. The lowest BCUT2D eigenvalue weighted by Crippen LogP contribution is -2.00. The summed E-state index contributed by atoms with van der Waals surface area (Å²) in [5.74, 6) is 1.93. The van der Waals surface area contributed by atoms with E-state index in [4.69, 9.17) is 19.4 Å². The molecule has 0 atom stereocenters. The molecule has 0 unspecified atom stereocenters. The molecule has 0 N–H and O–H groups in total. The van der Waals surface area contributed by atoms with Gasteiger partial charge in [0.1, 0.15) is 11.2 Å². The van der Waals surface area contributed by atoms with E-state index in [-0.39, 0.29) is 0 Å². The molecule has 4 heteroatoms. The molecule has 0 fully saturated rings. The van der Waals surface area contributed by atoms with Crippen LogP contribution in [0.4, 0.5) is 0 Å². The van der Waals surface area contributed by atoms with E-state index >= 15 is 0 Å². The maximum Gasteiger partial charge on any atom is 0.164 e. The zero-order valence-corrected chi connectivity index (χ0v) is 27.3. The summed E-state index contributed by atoms with van der Waals surface area (Å²) in [5, 5.41) is 7.02. The third-order valence-electron chi connectivity index (χ3n) is 10.3. The van der Waals surface area contributed by atoms with Crippen LogP contribution in [-0.2, 0) is 0 Å². The van der Waals surface area contributed by atoms with Gasteiger partial charge in [-0.3, -0.25) is 0 Å². The van der Waals surface area contributed by atoms with Gasteiger partial charge in [-0.2, -0.15) is 0 Å². The molecule has 10 aromatic rings. The molecular formula is C47H27N3O. The molecule has 11 rings (SSSR count). The van der Waals surface area contributed by atoms with E-state index < -0.39 is 0 Å². The van der Waals surface area contributed by atoms with Crippen molar-refractivity contribution in [3.05, 3.63) is 164 Å². The van der Waals surface area contributed by atoms with Gasteiger partial charge in [0.2, 0.25) is 0 Å². The Balaban J connectivity index is 1.12. The van der Waals surface area contributed by atoms with Crippen molar-refractivity contribution in [2.24, 2.45) is 0 Å². The van der Waals surface area contributed by atoms with Crippen LogP contribution >= 0.6 is 0 Å². The van der Waals surface area contributed by atoms with Gasteiger partial charge in [-0.15, -0.1) is 0 Å². The van der Waals surface area contributed by atoms with Crippen molar-refractivity contribution in [1.82, 2.24) is 15.0 Å². The van der Waals surface area contributed by atoms with Gasteiger partial charge >= 0.3 is 0 Å². The Bertz CT molecular complexity index is 2960. The Morgan fingerprint density at radius 1 is 0.314 bits per heavy atom. The molecule has 8 aromatic carbocycles. The Morgan fingerprint density at radius 2 is 0.824 bits per heavy atom. The van der Waals surface area contributed by atoms with Crippen LogP contribution in [0.25, 0.3) is 111 Å². The number of rotatable bonds is 4. The van der Waals surface area contributed by atoms with E-state index in [2.05, 4.69) is 103 Å². The van der Waals surface area contributed by atoms with Crippen LogP contribution in [0.2, 0.25) is 0 Å². The van der Waals surface area contributed by atoms with E-state index in [0.29, 0.717) is 17.5 Å². The molecule has 0 bridgehead atoms. The second-order valence-corrected chi connectivity index (χ2v) is 13.1. The second kappa shape index (κ2) is 10.8. The summed E-state index contributed by atoms with van der Waals surface area (Å²) in [4.78, 5) is 15.0. The van der Waals surface area contributed by atoms with Gasteiger partial charge in [0.15, 0.2) is 17.5 Å². The quantitative estimate of drug-likeness (QED) is 0.190. The second-order valence-electron chi connectivity index (χ2n) is 13.1. The number of furan rings is 1. The molecule has 2 aromatic heterocycles. The molecule has 0 radical (unpaired) electrons. The molecule has 0 saturated heterocycles. The molecule has 4 nitrogen and oxygen atoms in total. The van der Waals surface area contributed by atoms with Gasteiger partial charge in [-0.1, -0.05) is 146 Å². The number of hydrogen-bond acceptors (Lipinski definition) is 4. The third kappa shape index (κ3) is 4.23. The molecule has 0 spiro atoms. The molecule has 0 saturated carbocycles. The van der Waals surface area contributed by atoms with Crippen molar-refractivity contribution in [2.75, 3.05) is 0 Å². The van der Waals surface area contributed by atoms with Gasteiger partial charge in [-0.25, -0.2) is 15.0 Å². The topological polar surface area (TPSA) is 51.8 Å². The van der Waals surface area contributed by atoms with Crippen molar-refractivity contribution in [2.45, 2.75) is 0 Å². The van der Waals surface area contributed by atoms with Gasteiger partial charge in [0, 0.05) is 27.5 Å². The van der Waals surface area contributed by atoms with E-state index in [0.717, 1.165) is 60.5 Å². The summed E-state index contributed by atoms with van der Waals surface area (Å²) in [6.45, 7) is 0. The average molecular weight is 650 g/mol. The highest BCUT2D eigenvalue weighted by Gasteiger charge is 2.24. The normalized spacial score (nSPS) is 11.9. The summed E-state index contributed by atoms with van der Waals surface area (Å²) in [7, 11) is 0. The minimum atomic E-state index is 0.640. The number of aromatic nitrogens is 3. The van der Waals surface area contributed by atoms with Gasteiger partial charge < -0.3 is 4.42 Å². The first kappa shape index (κ1) is 28.0. The Kier molecular flexibility index (Phi) is 5.92. The summed E-state index contributed by atoms with van der Waals surface area (Å²) < 4.78 is 6.62. The van der Waals surface area contributed by atoms with Crippen LogP contribution in [0, 0.1) is 0 Å². The predicted molar refractivity (Wildman–Crippen MR) is 208 cm³/mol. The van der Waals surface area contributed by atoms with Gasteiger partial charge in [0.25, 0.3) is 0 Å². The fourth-order valence-corrected chi connectivity index (χ4v) is 8.00. The Labute approximate surface area is 293 Å². The molecule has 0 aliphatic heterocycles. The van der Waals surface area contributed by atoms with Crippen LogP contribution in [0.5, 0.6) is 0 Å². The van der Waals surface area contributed by atoms with E-state index in [1.807, 2.05) is 60.7 Å². The first-order valence-electron chi connectivity index (χ1n) is 17.2. The van der Waals surface area contributed by atoms with E-state index in [1.54, 1.807) is 0 Å². The summed E-state index contributed by atoms with van der Waals surface area (Å²) >= 11 is 0. The maximum atomic E-state index is 6.62. The Hall–Kier alpha value is -6.91. The fourth-order valence-electron chi connectivity index (χ4n) is 8.00. The lowest BCUT2D eigenvalue weighted by molar-refractivity contribution is 0.669. The van der Waals surface area contributed by atoms with Crippen LogP contribution in [0.1, 0.15) is 0 Å². The largest absolute Gasteiger partial charge is 0.456 e. The highest BCUT2D eigenvalue weighted by molar-refractivity contribution is 6.22. The smallest absolute Gasteiger partial charge is 0.164 e. The van der Waals surface area contributed by atoms with Crippen molar-refractivity contribution >= 4 is 43.5 Å². The average Bonchev–Trinajstić information content (AvgIpc) is 3.73. The first-order valence-corrected chi connectivity index (χ1v) is 17.2. The third-order valence-corrected chi connectivity index (χ3v) is 10.3. The van der Waals surface area contributed by atoms with E-state index in [9.17, 15) is 0 Å². The summed E-state index contributed by atoms with van der Waals surface area (Å²) in [5.41, 5.74) is 11.9. The number of fused-ring (bicyclic) bond motifs is 7. The number of nitrogens with zero attached hydrogens (tertiary/aromatic N) is 3.